The van der Waals surface area contributed by atoms with E-state index in [-0.39, 0.29) is 11.9 Å². The van der Waals surface area contributed by atoms with Gasteiger partial charge in [-0.2, -0.15) is 5.10 Å². The fourth-order valence-electron chi connectivity index (χ4n) is 3.65. The largest absolute Gasteiger partial charge is 0.349 e. The molecule has 4 rings (SSSR count). The van der Waals surface area contributed by atoms with E-state index in [9.17, 15) is 4.79 Å². The van der Waals surface area contributed by atoms with Crippen LogP contribution in [-0.2, 0) is 13.6 Å². The van der Waals surface area contributed by atoms with Crippen LogP contribution in [0.25, 0.3) is 10.2 Å². The zero-order chi connectivity index (χ0) is 18.1. The van der Waals surface area contributed by atoms with E-state index in [1.807, 2.05) is 24.7 Å². The van der Waals surface area contributed by atoms with E-state index in [2.05, 4.69) is 45.6 Å². The molecule has 0 radical (unpaired) electrons. The molecule has 1 aliphatic heterocycles. The van der Waals surface area contributed by atoms with Crippen LogP contribution in [0.15, 0.2) is 36.4 Å². The van der Waals surface area contributed by atoms with Gasteiger partial charge in [0.2, 0.25) is 0 Å². The molecule has 1 N–H and O–H groups in total. The van der Waals surface area contributed by atoms with Crippen LogP contribution in [0, 0.1) is 6.92 Å². The lowest BCUT2D eigenvalue weighted by Gasteiger charge is -2.32. The maximum Gasteiger partial charge on any atom is 0.261 e. The van der Waals surface area contributed by atoms with Gasteiger partial charge in [0, 0.05) is 38.1 Å². The van der Waals surface area contributed by atoms with Crippen molar-refractivity contribution in [3.63, 3.8) is 0 Å². The summed E-state index contributed by atoms with van der Waals surface area (Å²) in [5.74, 6) is 0.0482. The van der Waals surface area contributed by atoms with Crippen LogP contribution >= 0.6 is 11.3 Å². The maximum atomic E-state index is 12.6. The molecule has 1 fully saturated rings. The molecule has 1 saturated heterocycles. The van der Waals surface area contributed by atoms with Crippen LogP contribution in [-0.4, -0.2) is 39.7 Å². The quantitative estimate of drug-likeness (QED) is 0.768. The summed E-state index contributed by atoms with van der Waals surface area (Å²) in [6, 6.07) is 12.8. The summed E-state index contributed by atoms with van der Waals surface area (Å²) in [6.45, 7) is 5.02. The number of thiophene rings is 1. The first kappa shape index (κ1) is 17.2. The number of aromatic nitrogens is 2. The molecule has 5 nitrogen and oxygen atoms in total. The molecule has 0 aliphatic carbocycles. The van der Waals surface area contributed by atoms with Crippen LogP contribution in [0.1, 0.15) is 33.8 Å². The summed E-state index contributed by atoms with van der Waals surface area (Å²) in [4.78, 5) is 16.9. The lowest BCUT2D eigenvalue weighted by Crippen LogP contribution is -2.44. The molecule has 6 heteroatoms. The third-order valence-electron chi connectivity index (χ3n) is 5.09. The van der Waals surface area contributed by atoms with Crippen molar-refractivity contribution in [2.24, 2.45) is 7.05 Å². The maximum absolute atomic E-state index is 12.6. The van der Waals surface area contributed by atoms with Crippen LogP contribution in [0.3, 0.4) is 0 Å². The molecule has 136 valence electrons. The van der Waals surface area contributed by atoms with Crippen LogP contribution < -0.4 is 5.32 Å². The summed E-state index contributed by atoms with van der Waals surface area (Å²) in [5, 5.41) is 8.71. The third kappa shape index (κ3) is 3.52. The Bertz CT molecular complexity index is 872. The van der Waals surface area contributed by atoms with Gasteiger partial charge in [-0.15, -0.1) is 11.3 Å². The van der Waals surface area contributed by atoms with Gasteiger partial charge in [0.25, 0.3) is 5.91 Å². The third-order valence-corrected chi connectivity index (χ3v) is 6.29. The zero-order valence-electron chi connectivity index (χ0n) is 15.2. The molecule has 0 atom stereocenters. The summed E-state index contributed by atoms with van der Waals surface area (Å²) < 4.78 is 1.86. The van der Waals surface area contributed by atoms with Crippen molar-refractivity contribution in [2.45, 2.75) is 32.4 Å². The van der Waals surface area contributed by atoms with E-state index < -0.39 is 0 Å². The van der Waals surface area contributed by atoms with Gasteiger partial charge in [-0.05, 0) is 31.4 Å². The molecule has 3 aromatic rings. The van der Waals surface area contributed by atoms with Crippen molar-refractivity contribution >= 4 is 27.5 Å². The number of hydrogen-bond donors (Lipinski definition) is 1. The van der Waals surface area contributed by atoms with Crippen LogP contribution in [0.2, 0.25) is 0 Å². The fraction of sp³-hybridized carbons (Fsp3) is 0.400. The Morgan fingerprint density at radius 2 is 2.00 bits per heavy atom. The number of carbonyl (C=O) groups excluding carboxylic acids is 1. The van der Waals surface area contributed by atoms with E-state index in [0.29, 0.717) is 0 Å². The van der Waals surface area contributed by atoms with E-state index in [1.54, 1.807) is 0 Å². The molecule has 1 amide bonds. The lowest BCUT2D eigenvalue weighted by atomic mass is 10.0. The van der Waals surface area contributed by atoms with Gasteiger partial charge >= 0.3 is 0 Å². The topological polar surface area (TPSA) is 50.2 Å². The average molecular weight is 369 g/mol. The number of fused-ring (bicyclic) bond motifs is 1. The highest BCUT2D eigenvalue weighted by atomic mass is 32.1. The smallest absolute Gasteiger partial charge is 0.261 e. The van der Waals surface area contributed by atoms with E-state index in [0.717, 1.165) is 53.3 Å². The SMILES string of the molecule is Cc1nn(C)c2sc(C(=O)NC3CCN(Cc4ccccc4)CC3)cc12. The average Bonchev–Trinajstić information content (AvgIpc) is 3.20. The summed E-state index contributed by atoms with van der Waals surface area (Å²) in [7, 11) is 1.93. The van der Waals surface area contributed by atoms with Gasteiger partial charge in [-0.3, -0.25) is 14.4 Å². The number of hydrogen-bond acceptors (Lipinski definition) is 4. The molecule has 1 aromatic carbocycles. The number of piperidine rings is 1. The second-order valence-corrected chi connectivity index (χ2v) is 8.08. The second-order valence-electron chi connectivity index (χ2n) is 7.05. The first-order valence-corrected chi connectivity index (χ1v) is 9.92. The highest BCUT2D eigenvalue weighted by molar-refractivity contribution is 7.20. The van der Waals surface area contributed by atoms with Gasteiger partial charge in [0.15, 0.2) is 0 Å². The Labute approximate surface area is 157 Å². The Morgan fingerprint density at radius 1 is 1.27 bits per heavy atom. The monoisotopic (exact) mass is 368 g/mol. The first-order chi connectivity index (χ1) is 12.6. The number of nitrogens with zero attached hydrogens (tertiary/aromatic N) is 3. The van der Waals surface area contributed by atoms with Crippen LogP contribution in [0.4, 0.5) is 0 Å². The van der Waals surface area contributed by atoms with Gasteiger partial charge in [0.05, 0.1) is 10.6 Å². The highest BCUT2D eigenvalue weighted by Gasteiger charge is 2.22. The Hall–Kier alpha value is -2.18. The number of likely N-dealkylation sites (tertiary alicyclic amines) is 1. The first-order valence-electron chi connectivity index (χ1n) is 9.10. The number of aryl methyl sites for hydroxylation is 2. The molecule has 26 heavy (non-hydrogen) atoms. The number of carbonyl (C=O) groups is 1. The molecule has 0 saturated carbocycles. The molecule has 2 aromatic heterocycles. The normalized spacial score (nSPS) is 16.2. The minimum absolute atomic E-state index is 0.0482. The minimum Gasteiger partial charge on any atom is -0.349 e. The predicted molar refractivity (Wildman–Crippen MR) is 106 cm³/mol. The number of rotatable bonds is 4. The molecule has 0 spiro atoms. The standard InChI is InChI=1S/C20H24N4OS/c1-14-17-12-18(26-20(17)23(2)22-14)19(25)21-16-8-10-24(11-9-16)13-15-6-4-3-5-7-15/h3-7,12,16H,8-11,13H2,1-2H3,(H,21,25). The van der Waals surface area contributed by atoms with Gasteiger partial charge in [-0.1, -0.05) is 30.3 Å². The van der Waals surface area contributed by atoms with Crippen molar-refractivity contribution in [1.82, 2.24) is 20.0 Å². The molecule has 0 unspecified atom stereocenters. The van der Waals surface area contributed by atoms with Crippen LogP contribution in [0.5, 0.6) is 0 Å². The van der Waals surface area contributed by atoms with Gasteiger partial charge in [0.1, 0.15) is 4.83 Å². The highest BCUT2D eigenvalue weighted by Crippen LogP contribution is 2.27. The van der Waals surface area contributed by atoms with Crippen molar-refractivity contribution in [3.8, 4) is 0 Å². The van der Waals surface area contributed by atoms with Gasteiger partial charge in [-0.25, -0.2) is 0 Å². The molecule has 1 aliphatic rings. The van der Waals surface area contributed by atoms with Crippen molar-refractivity contribution in [1.29, 1.82) is 0 Å². The lowest BCUT2D eigenvalue weighted by molar-refractivity contribution is 0.0913. The van der Waals surface area contributed by atoms with Gasteiger partial charge < -0.3 is 5.32 Å². The molecular weight excluding hydrogens is 344 g/mol. The second kappa shape index (κ2) is 7.21. The Kier molecular flexibility index (Phi) is 4.78. The van der Waals surface area contributed by atoms with E-state index in [4.69, 9.17) is 0 Å². The number of benzene rings is 1. The summed E-state index contributed by atoms with van der Waals surface area (Å²) in [5.41, 5.74) is 2.33. The number of nitrogens with one attached hydrogen (secondary N) is 1. The fourth-order valence-corrected chi connectivity index (χ4v) is 4.68. The minimum atomic E-state index is 0.0482. The van der Waals surface area contributed by atoms with Crippen molar-refractivity contribution < 1.29 is 4.79 Å². The molecular formula is C20H24N4OS. The number of amides is 1. The summed E-state index contributed by atoms with van der Waals surface area (Å²) >= 11 is 1.52. The zero-order valence-corrected chi connectivity index (χ0v) is 16.1. The predicted octanol–water partition coefficient (Wildman–Crippen LogP) is 3.34. The molecule has 3 heterocycles. The van der Waals surface area contributed by atoms with Crippen molar-refractivity contribution in [2.75, 3.05) is 13.1 Å². The van der Waals surface area contributed by atoms with E-state index in [1.165, 1.54) is 16.9 Å². The Morgan fingerprint density at radius 3 is 2.69 bits per heavy atom. The summed E-state index contributed by atoms with van der Waals surface area (Å²) in [6.07, 6.45) is 2.01. The van der Waals surface area contributed by atoms with Crippen molar-refractivity contribution in [3.05, 3.63) is 52.5 Å². The molecule has 0 bridgehead atoms. The Balaban J connectivity index is 1.33. The van der Waals surface area contributed by atoms with E-state index >= 15 is 0 Å².